The number of aromatic nitrogens is 2. The average Bonchev–Trinajstić information content (AvgIpc) is 2.77. The van der Waals surface area contributed by atoms with Gasteiger partial charge in [0.1, 0.15) is 5.56 Å². The Morgan fingerprint density at radius 2 is 2.25 bits per heavy atom. The van der Waals surface area contributed by atoms with Gasteiger partial charge in [-0.1, -0.05) is 33.8 Å². The number of alkyl halides is 1. The fourth-order valence-electron chi connectivity index (χ4n) is 1.31. The number of aromatic carboxylic acids is 1. The van der Waals surface area contributed by atoms with Crippen LogP contribution < -0.4 is 4.74 Å². The largest absolute Gasteiger partial charge is 0.477 e. The summed E-state index contributed by atoms with van der Waals surface area (Å²) in [6.07, 6.45) is 4.39. The van der Waals surface area contributed by atoms with Crippen LogP contribution in [0.4, 0.5) is 4.39 Å². The number of hydrogen-bond acceptors (Lipinski definition) is 3. The first-order valence-corrected chi connectivity index (χ1v) is 6.45. The number of halogens is 1. The van der Waals surface area contributed by atoms with E-state index in [2.05, 4.69) is 5.10 Å². The van der Waals surface area contributed by atoms with Crippen LogP contribution in [0.3, 0.4) is 0 Å². The van der Waals surface area contributed by atoms with E-state index in [4.69, 9.17) is 9.84 Å². The lowest BCUT2D eigenvalue weighted by molar-refractivity contribution is 0.0691. The van der Waals surface area contributed by atoms with Crippen molar-refractivity contribution < 1.29 is 19.0 Å². The van der Waals surface area contributed by atoms with Crippen LogP contribution in [0.5, 0.6) is 5.88 Å². The first-order valence-electron chi connectivity index (χ1n) is 6.45. The van der Waals surface area contributed by atoms with Crippen molar-refractivity contribution in [3.8, 4) is 5.88 Å². The minimum Gasteiger partial charge on any atom is -0.477 e. The van der Waals surface area contributed by atoms with Crippen LogP contribution in [-0.4, -0.2) is 34.1 Å². The van der Waals surface area contributed by atoms with Crippen LogP contribution in [0.2, 0.25) is 0 Å². The summed E-state index contributed by atoms with van der Waals surface area (Å²) >= 11 is 0. The quantitative estimate of drug-likeness (QED) is 0.835. The number of nitrogens with zero attached hydrogens (tertiary/aromatic N) is 2. The summed E-state index contributed by atoms with van der Waals surface area (Å²) in [7, 11) is 0. The van der Waals surface area contributed by atoms with Gasteiger partial charge in [0, 0.05) is 11.6 Å². The number of carboxylic acids is 1. The third-order valence-electron chi connectivity index (χ3n) is 2.54. The molecule has 1 heterocycles. The molecule has 0 amide bonds. The molecule has 0 fully saturated rings. The number of allylic oxidation sites excluding steroid dienone is 1. The normalized spacial score (nSPS) is 12.3. The van der Waals surface area contributed by atoms with E-state index < -0.39 is 18.1 Å². The van der Waals surface area contributed by atoms with Crippen LogP contribution in [0, 0.1) is 11.3 Å². The molecule has 6 heteroatoms. The van der Waals surface area contributed by atoms with Crippen molar-refractivity contribution in [2.24, 2.45) is 11.3 Å². The van der Waals surface area contributed by atoms with Crippen molar-refractivity contribution in [2.75, 3.05) is 13.3 Å². The second-order valence-electron chi connectivity index (χ2n) is 5.76. The smallest absolute Gasteiger partial charge is 0.342 e. The van der Waals surface area contributed by atoms with Gasteiger partial charge in [-0.25, -0.2) is 9.48 Å². The molecule has 1 aromatic rings. The Morgan fingerprint density at radius 3 is 2.75 bits per heavy atom. The Hall–Kier alpha value is -1.85. The Morgan fingerprint density at radius 1 is 1.60 bits per heavy atom. The van der Waals surface area contributed by atoms with Crippen molar-refractivity contribution >= 4 is 12.2 Å². The summed E-state index contributed by atoms with van der Waals surface area (Å²) in [6.45, 7) is 7.26. The lowest BCUT2D eigenvalue weighted by atomic mass is 9.96. The second kappa shape index (κ2) is 6.54. The minimum atomic E-state index is -1.10. The molecule has 20 heavy (non-hydrogen) atoms. The molecule has 5 nitrogen and oxygen atoms in total. The molecule has 0 aromatic carbocycles. The van der Waals surface area contributed by atoms with Crippen molar-refractivity contribution in [3.05, 3.63) is 17.8 Å². The van der Waals surface area contributed by atoms with Gasteiger partial charge in [-0.3, -0.25) is 4.39 Å². The molecule has 0 aliphatic rings. The molecule has 1 rings (SSSR count). The molecule has 1 N–H and O–H groups in total. The van der Waals surface area contributed by atoms with Crippen molar-refractivity contribution in [1.29, 1.82) is 0 Å². The topological polar surface area (TPSA) is 64.3 Å². The molecule has 0 bridgehead atoms. The first-order chi connectivity index (χ1) is 9.26. The van der Waals surface area contributed by atoms with Gasteiger partial charge in [0.05, 0.1) is 19.5 Å². The molecule has 0 aliphatic heterocycles. The maximum atomic E-state index is 12.8. The van der Waals surface area contributed by atoms with E-state index in [1.165, 1.54) is 17.1 Å². The third kappa shape index (κ3) is 4.36. The Kier molecular flexibility index (Phi) is 5.30. The van der Waals surface area contributed by atoms with E-state index >= 15 is 0 Å². The van der Waals surface area contributed by atoms with Gasteiger partial charge in [-0.2, -0.15) is 5.10 Å². The highest BCUT2D eigenvalue weighted by Crippen LogP contribution is 2.22. The van der Waals surface area contributed by atoms with Crippen molar-refractivity contribution in [2.45, 2.75) is 27.7 Å². The average molecular weight is 284 g/mol. The maximum absolute atomic E-state index is 12.8. The van der Waals surface area contributed by atoms with Crippen LogP contribution in [-0.2, 0) is 0 Å². The lowest BCUT2D eigenvalue weighted by Crippen LogP contribution is -2.12. The molecule has 0 atom stereocenters. The van der Waals surface area contributed by atoms with Gasteiger partial charge in [0.2, 0.25) is 5.88 Å². The number of hydrogen-bond donors (Lipinski definition) is 1. The molecule has 0 aliphatic carbocycles. The Labute approximate surface area is 118 Å². The number of rotatable bonds is 7. The predicted octanol–water partition coefficient (Wildman–Crippen LogP) is 3.08. The number of carboxylic acid groups (broad SMARTS) is 1. The molecule has 0 spiro atoms. The molecule has 0 saturated carbocycles. The summed E-state index contributed by atoms with van der Waals surface area (Å²) in [4.78, 5) is 11.1. The fourth-order valence-corrected chi connectivity index (χ4v) is 1.31. The molecule has 112 valence electrons. The molecular weight excluding hydrogens is 263 g/mol. The standard InChI is InChI=1S/C14H21FN2O3/c1-10(2)8-20-12-11(13(18)19)7-16-17(12)6-5-14(3,4)9-15/h5-7,10H,8-9H2,1-4H3,(H,18,19). The van der Waals surface area contributed by atoms with E-state index in [1.807, 2.05) is 13.8 Å². The molecule has 0 radical (unpaired) electrons. The molecule has 0 saturated heterocycles. The van der Waals surface area contributed by atoms with Gasteiger partial charge in [-0.15, -0.1) is 0 Å². The second-order valence-corrected chi connectivity index (χ2v) is 5.76. The third-order valence-corrected chi connectivity index (χ3v) is 2.54. The highest BCUT2D eigenvalue weighted by molar-refractivity contribution is 5.90. The van der Waals surface area contributed by atoms with Gasteiger partial charge >= 0.3 is 5.97 Å². The number of ether oxygens (including phenoxy) is 1. The molecule has 1 aromatic heterocycles. The van der Waals surface area contributed by atoms with E-state index in [9.17, 15) is 9.18 Å². The van der Waals surface area contributed by atoms with Gasteiger partial charge in [-0.05, 0) is 5.92 Å². The van der Waals surface area contributed by atoms with Crippen LogP contribution >= 0.6 is 0 Å². The summed E-state index contributed by atoms with van der Waals surface area (Å²) in [5, 5.41) is 13.1. The maximum Gasteiger partial charge on any atom is 0.342 e. The summed E-state index contributed by atoms with van der Waals surface area (Å²) < 4.78 is 19.6. The minimum absolute atomic E-state index is 0.00615. The van der Waals surface area contributed by atoms with Gasteiger partial charge in [0.15, 0.2) is 0 Å². The summed E-state index contributed by atoms with van der Waals surface area (Å²) in [6, 6.07) is 0. The monoisotopic (exact) mass is 284 g/mol. The molecule has 0 unspecified atom stereocenters. The van der Waals surface area contributed by atoms with E-state index in [1.54, 1.807) is 19.9 Å². The SMILES string of the molecule is CC(C)COc1c(C(=O)O)cnn1C=CC(C)(C)CF. The zero-order valence-corrected chi connectivity index (χ0v) is 12.3. The first kappa shape index (κ1) is 16.2. The highest BCUT2D eigenvalue weighted by Gasteiger charge is 2.19. The summed E-state index contributed by atoms with van der Waals surface area (Å²) in [5.41, 5.74) is -0.640. The van der Waals surface area contributed by atoms with Gasteiger partial charge in [0.25, 0.3) is 0 Å². The van der Waals surface area contributed by atoms with Gasteiger partial charge < -0.3 is 9.84 Å². The van der Waals surface area contributed by atoms with Crippen molar-refractivity contribution in [3.63, 3.8) is 0 Å². The summed E-state index contributed by atoms with van der Waals surface area (Å²) in [5.74, 6) is -0.684. The Balaban J connectivity index is 3.04. The zero-order chi connectivity index (χ0) is 15.3. The van der Waals surface area contributed by atoms with Crippen LogP contribution in [0.15, 0.2) is 12.3 Å². The molecular formula is C14H21FN2O3. The predicted molar refractivity (Wildman–Crippen MR) is 74.6 cm³/mol. The highest BCUT2D eigenvalue weighted by atomic mass is 19.1. The Bertz CT molecular complexity index is 493. The lowest BCUT2D eigenvalue weighted by Gasteiger charge is -2.15. The van der Waals surface area contributed by atoms with E-state index in [-0.39, 0.29) is 17.4 Å². The van der Waals surface area contributed by atoms with E-state index in [0.717, 1.165) is 0 Å². The van der Waals surface area contributed by atoms with Crippen LogP contribution in [0.1, 0.15) is 38.1 Å². The van der Waals surface area contributed by atoms with Crippen LogP contribution in [0.25, 0.3) is 6.20 Å². The fraction of sp³-hybridized carbons (Fsp3) is 0.571. The van der Waals surface area contributed by atoms with E-state index in [0.29, 0.717) is 6.61 Å². The number of carbonyl (C=O) groups is 1. The zero-order valence-electron chi connectivity index (χ0n) is 12.3. The van der Waals surface area contributed by atoms with Crippen molar-refractivity contribution in [1.82, 2.24) is 9.78 Å².